The fourth-order valence-corrected chi connectivity index (χ4v) is 17.0. The maximum absolute atomic E-state index is 19.0. The number of hydrogen-bond donors (Lipinski definition) is 11. The van der Waals surface area contributed by atoms with E-state index in [9.17, 15) is 14.9 Å². The highest BCUT2D eigenvalue weighted by atomic mass is 31.2. The molecule has 1 aromatic heterocycles. The minimum atomic E-state index is -2.62. The van der Waals surface area contributed by atoms with Crippen molar-refractivity contribution in [3.8, 4) is 5.75 Å². The van der Waals surface area contributed by atoms with Crippen LogP contribution in [0.2, 0.25) is 0 Å². The lowest BCUT2D eigenvalue weighted by Crippen LogP contribution is -2.69. The van der Waals surface area contributed by atoms with Crippen LogP contribution >= 0.6 is 25.8 Å². The highest BCUT2D eigenvalue weighted by Crippen LogP contribution is 2.61. The van der Waals surface area contributed by atoms with Crippen molar-refractivity contribution in [2.45, 2.75) is 142 Å². The molecule has 0 aliphatic carbocycles. The lowest BCUT2D eigenvalue weighted by Gasteiger charge is -2.55. The molecule has 0 radical (unpaired) electrons. The predicted octanol–water partition coefficient (Wildman–Crippen LogP) is 17.9. The molecule has 0 fully saturated rings. The largest absolute Gasteiger partial charge is 0.474 e. The van der Waals surface area contributed by atoms with Crippen LogP contribution in [0.25, 0.3) is 0 Å². The molecule has 1 heterocycles. The van der Waals surface area contributed by atoms with Crippen molar-refractivity contribution >= 4 is 25.8 Å². The van der Waals surface area contributed by atoms with E-state index in [2.05, 4.69) is 282 Å². The lowest BCUT2D eigenvalue weighted by atomic mass is 9.57. The van der Waals surface area contributed by atoms with Gasteiger partial charge >= 0.3 is 42.9 Å². The van der Waals surface area contributed by atoms with E-state index in [0.29, 0.717) is 33.6 Å². The van der Waals surface area contributed by atoms with Crippen LogP contribution in [-0.4, -0.2) is 81.2 Å². The Morgan fingerprint density at radius 2 is 0.567 bits per heavy atom. The van der Waals surface area contributed by atoms with Gasteiger partial charge in [0.1, 0.15) is 5.75 Å². The molecular formula is C99H108N3O15P3. The number of ether oxygens (including phenoxy) is 1. The summed E-state index contributed by atoms with van der Waals surface area (Å²) in [5.74, 6) is -2.00. The van der Waals surface area contributed by atoms with Gasteiger partial charge < -0.3 is 59.0 Å². The number of aliphatic hydroxyl groups is 2. The Hall–Kier alpha value is -10.3. The van der Waals surface area contributed by atoms with Crippen molar-refractivity contribution < 1.29 is 59.0 Å². The molecule has 7 unspecified atom stereocenters. The lowest BCUT2D eigenvalue weighted by molar-refractivity contribution is 0.0102. The Kier molecular flexibility index (Phi) is 32.0. The van der Waals surface area contributed by atoms with E-state index in [1.165, 1.54) is 4.57 Å². The SMILES string of the molecule is Cc1ccc(OC(c2ccc(C)cc2C(C)c2ccccc2)(c2ccc(C)cc2C(C)c2ccccc2)C(c2ccc(C)cc2C(C)c2ccccc2)(c2ccc(C)cc2C(C)c2ccccc2)n2c(=O)n(CCO)c(=O)n(C(CO)c3ccc(C)cc3C(C)c3ccccc3)c2=O)c(C(C)c2ccccc2)c1.OP(O)O.OP(O)O.OP(O)O. The maximum atomic E-state index is 19.0. The van der Waals surface area contributed by atoms with Gasteiger partial charge in [-0.3, -0.25) is 0 Å². The van der Waals surface area contributed by atoms with Gasteiger partial charge in [0.25, 0.3) is 0 Å². The fourth-order valence-electron chi connectivity index (χ4n) is 17.0. The van der Waals surface area contributed by atoms with Crippen LogP contribution in [0, 0.1) is 41.5 Å². The zero-order valence-corrected chi connectivity index (χ0v) is 72.3. The van der Waals surface area contributed by atoms with Crippen LogP contribution in [0.5, 0.6) is 5.75 Å². The molecule has 0 bridgehead atoms. The van der Waals surface area contributed by atoms with E-state index < -0.39 is 103 Å². The Morgan fingerprint density at radius 1 is 0.308 bits per heavy atom. The number of aryl methyl sites for hydroxylation is 6. The Morgan fingerprint density at radius 3 is 0.875 bits per heavy atom. The quantitative estimate of drug-likeness (QED) is 0.0237. The topological polar surface area (TPSA) is 298 Å². The van der Waals surface area contributed by atoms with E-state index in [1.807, 2.05) is 91.9 Å². The Bertz CT molecular complexity index is 5530. The zero-order valence-electron chi connectivity index (χ0n) is 69.6. The summed E-state index contributed by atoms with van der Waals surface area (Å²) in [5, 5.41) is 24.6. The zero-order chi connectivity index (χ0) is 86.9. The molecule has 0 saturated carbocycles. The number of nitrogens with zero attached hydrogens (tertiary/aromatic N) is 3. The third-order valence-corrected chi connectivity index (χ3v) is 22.9. The van der Waals surface area contributed by atoms with Crippen molar-refractivity contribution in [3.05, 3.63) is 451 Å². The van der Waals surface area contributed by atoms with E-state index in [1.54, 1.807) is 0 Å². The molecule has 21 heteroatoms. The van der Waals surface area contributed by atoms with Crippen LogP contribution in [0.3, 0.4) is 0 Å². The van der Waals surface area contributed by atoms with Gasteiger partial charge in [-0.25, -0.2) is 28.1 Å². The third-order valence-electron chi connectivity index (χ3n) is 22.9. The number of aliphatic hydroxyl groups excluding tert-OH is 2. The maximum Gasteiger partial charge on any atom is 0.338 e. The number of benzene rings is 12. The van der Waals surface area contributed by atoms with Gasteiger partial charge in [-0.15, -0.1) is 0 Å². The molecule has 0 aliphatic rings. The van der Waals surface area contributed by atoms with Gasteiger partial charge in [0.15, 0.2) is 11.1 Å². The van der Waals surface area contributed by atoms with Crippen LogP contribution < -0.4 is 21.8 Å². The number of rotatable bonds is 25. The molecular weight excluding hydrogens is 1560 g/mol. The van der Waals surface area contributed by atoms with Crippen molar-refractivity contribution in [1.29, 1.82) is 0 Å². The molecule has 18 nitrogen and oxygen atoms in total. The molecule has 12 aromatic carbocycles. The first-order valence-corrected chi connectivity index (χ1v) is 43.5. The van der Waals surface area contributed by atoms with E-state index in [-0.39, 0.29) is 11.8 Å². The molecule has 0 amide bonds. The summed E-state index contributed by atoms with van der Waals surface area (Å²) in [6.07, 6.45) is 0. The average molecular weight is 1670 g/mol. The molecule has 624 valence electrons. The fraction of sp³-hybridized carbons (Fsp3) is 0.242. The minimum Gasteiger partial charge on any atom is -0.474 e. The summed E-state index contributed by atoms with van der Waals surface area (Å²) in [6.45, 7) is 23.6. The second kappa shape index (κ2) is 41.8. The number of aromatic nitrogens is 3. The van der Waals surface area contributed by atoms with Crippen molar-refractivity contribution in [3.63, 3.8) is 0 Å². The highest BCUT2D eigenvalue weighted by molar-refractivity contribution is 7.38. The second-order valence-electron chi connectivity index (χ2n) is 30.8. The summed E-state index contributed by atoms with van der Waals surface area (Å²) in [7, 11) is -7.86. The summed E-state index contributed by atoms with van der Waals surface area (Å²) in [6, 6.07) is 98.9. The first-order chi connectivity index (χ1) is 57.4. The Labute approximate surface area is 706 Å². The van der Waals surface area contributed by atoms with Gasteiger partial charge in [-0.2, -0.15) is 0 Å². The second-order valence-corrected chi connectivity index (χ2v) is 32.4. The van der Waals surface area contributed by atoms with Crippen LogP contribution in [-0.2, 0) is 17.7 Å². The van der Waals surface area contributed by atoms with Crippen LogP contribution in [0.1, 0.15) is 211 Å². The summed E-state index contributed by atoms with van der Waals surface area (Å²) in [4.78, 5) is 119. The smallest absolute Gasteiger partial charge is 0.338 e. The van der Waals surface area contributed by atoms with Crippen molar-refractivity contribution in [2.75, 3.05) is 13.2 Å². The molecule has 7 atom stereocenters. The van der Waals surface area contributed by atoms with Crippen LogP contribution in [0.4, 0.5) is 0 Å². The van der Waals surface area contributed by atoms with Crippen molar-refractivity contribution in [1.82, 2.24) is 13.7 Å². The molecule has 13 aromatic rings. The summed E-state index contributed by atoms with van der Waals surface area (Å²) < 4.78 is 12.9. The first-order valence-electron chi connectivity index (χ1n) is 39.9. The molecule has 11 N–H and O–H groups in total. The molecule has 0 spiro atoms. The van der Waals surface area contributed by atoms with Gasteiger partial charge in [0, 0.05) is 52.2 Å². The predicted molar refractivity (Wildman–Crippen MR) is 481 cm³/mol. The number of hydrogen-bond acceptors (Lipinski definition) is 15. The third kappa shape index (κ3) is 20.5. The van der Waals surface area contributed by atoms with Gasteiger partial charge in [0.2, 0.25) is 0 Å². The Balaban J connectivity index is 0.00000118. The van der Waals surface area contributed by atoms with Gasteiger partial charge in [-0.05, 0) is 125 Å². The van der Waals surface area contributed by atoms with E-state index >= 15 is 14.4 Å². The normalized spacial score (nSPS) is 14.1. The molecule has 120 heavy (non-hydrogen) atoms. The summed E-state index contributed by atoms with van der Waals surface area (Å²) in [5.41, 5.74) is 11.5. The first kappa shape index (κ1) is 92.0. The summed E-state index contributed by atoms with van der Waals surface area (Å²) >= 11 is 0. The van der Waals surface area contributed by atoms with Gasteiger partial charge in [0.05, 0.1) is 25.8 Å². The molecule has 0 aliphatic heterocycles. The minimum absolute atomic E-state index is 0.319. The van der Waals surface area contributed by atoms with E-state index in [0.717, 1.165) is 109 Å². The standard InChI is InChI=1S/C99H99N3O6.3H3O3P/c1-64-43-49-82(83(57-64)70(7)76-31-19-13-20-32-76)93(63-104)101-95(105)100(55-56-103)96(106)102(97(101)107)98(89-50-44-65(2)58-84(89)71(8)77-33-21-14-22-34-77,90-51-45-66(3)59-85(90)72(9)78-35-23-15-24-36-78)99(91-52-46-67(4)60-86(91)73(10)79-37-25-16-26-38-79,92-53-47-68(5)61-87(92)74(11)80-39-27-17-28-40-80)108-94-54-48-69(6)62-88(94)75(12)81-41-29-18-30-42-81;3*1-4(2)3/h13-54,57-62,70-75,93,103-104H,55-56,63H2,1-12H3;3*1-3H. The molecule has 0 saturated heterocycles. The average Bonchev–Trinajstić information content (AvgIpc) is 0.663. The van der Waals surface area contributed by atoms with Crippen LogP contribution in [0.15, 0.2) is 306 Å². The van der Waals surface area contributed by atoms with Crippen molar-refractivity contribution in [2.24, 2.45) is 0 Å². The van der Waals surface area contributed by atoms with Gasteiger partial charge in [-0.1, -0.05) is 360 Å². The molecule has 13 rings (SSSR count). The highest BCUT2D eigenvalue weighted by Gasteiger charge is 2.65. The van der Waals surface area contributed by atoms with E-state index in [4.69, 9.17) is 44.0 Å². The monoisotopic (exact) mass is 1670 g/mol.